The number of carbonyl (C=O) groups is 2. The molecule has 0 bridgehead atoms. The van der Waals surface area contributed by atoms with Gasteiger partial charge in [-0.1, -0.05) is 75.7 Å². The second-order valence-electron chi connectivity index (χ2n) is 11.1. The van der Waals surface area contributed by atoms with Gasteiger partial charge in [-0.15, -0.1) is 0 Å². The molecule has 4 rings (SSSR count). The lowest BCUT2D eigenvalue weighted by atomic mass is 9.45. The van der Waals surface area contributed by atoms with Crippen molar-refractivity contribution in [3.63, 3.8) is 0 Å². The van der Waals surface area contributed by atoms with Crippen molar-refractivity contribution in [1.82, 2.24) is 0 Å². The Hall–Kier alpha value is -0.900. The van der Waals surface area contributed by atoms with Gasteiger partial charge in [-0.25, -0.2) is 0 Å². The van der Waals surface area contributed by atoms with Crippen molar-refractivity contribution in [3.05, 3.63) is 0 Å². The molecular formula is C33H64O4. The molecule has 7 atom stereocenters. The summed E-state index contributed by atoms with van der Waals surface area (Å²) in [6.45, 7) is 21.8. The molecule has 0 aromatic rings. The van der Waals surface area contributed by atoms with Gasteiger partial charge in [0.1, 0.15) is 5.78 Å². The van der Waals surface area contributed by atoms with E-state index in [9.17, 15) is 9.59 Å². The quantitative estimate of drug-likeness (QED) is 0.337. The maximum Gasteiger partial charge on any atom is 0.303 e. The first-order chi connectivity index (χ1) is 17.8. The molecule has 4 heteroatoms. The first kappa shape index (κ1) is 36.1. The Balaban J connectivity index is 0.00000148. The third-order valence-electron chi connectivity index (χ3n) is 9.75. The maximum atomic E-state index is 12.1. The molecule has 4 fully saturated rings. The second-order valence-corrected chi connectivity index (χ2v) is 11.1. The second kappa shape index (κ2) is 18.4. The molecule has 4 aliphatic rings. The normalized spacial score (nSPS) is 35.2. The molecule has 0 amide bonds. The molecule has 0 saturated heterocycles. The Bertz CT molecular complexity index is 632. The third kappa shape index (κ3) is 8.80. The van der Waals surface area contributed by atoms with Gasteiger partial charge in [0.15, 0.2) is 0 Å². The molecule has 4 aliphatic carbocycles. The van der Waals surface area contributed by atoms with Crippen LogP contribution in [0.2, 0.25) is 0 Å². The molecule has 4 saturated carbocycles. The van der Waals surface area contributed by atoms with Crippen LogP contribution in [0.4, 0.5) is 0 Å². The van der Waals surface area contributed by atoms with Gasteiger partial charge in [0.25, 0.3) is 0 Å². The van der Waals surface area contributed by atoms with Gasteiger partial charge in [-0.2, -0.15) is 0 Å². The minimum atomic E-state index is -0.695. The van der Waals surface area contributed by atoms with Crippen LogP contribution in [0.1, 0.15) is 153 Å². The molecular weight excluding hydrogens is 460 g/mol. The number of carboxylic acid groups (broad SMARTS) is 1. The molecule has 0 aliphatic heterocycles. The van der Waals surface area contributed by atoms with E-state index in [-0.39, 0.29) is 6.42 Å². The SMILES string of the molecule is CC.CC.CC.CC.CC12CCC(=O)CC1CCC1C2CCC2(C)C(OCCCCCC(=O)O)CCC12. The molecule has 0 heterocycles. The van der Waals surface area contributed by atoms with Gasteiger partial charge < -0.3 is 9.84 Å². The number of carboxylic acids is 1. The van der Waals surface area contributed by atoms with Gasteiger partial charge in [0.05, 0.1) is 6.10 Å². The number of ether oxygens (including phenoxy) is 1. The van der Waals surface area contributed by atoms with E-state index in [0.29, 0.717) is 28.6 Å². The fourth-order valence-electron chi connectivity index (χ4n) is 8.05. The average molecular weight is 525 g/mol. The van der Waals surface area contributed by atoms with Crippen LogP contribution in [0.15, 0.2) is 0 Å². The first-order valence-electron chi connectivity index (χ1n) is 16.2. The molecule has 1 N–H and O–H groups in total. The van der Waals surface area contributed by atoms with Crippen molar-refractivity contribution in [1.29, 1.82) is 0 Å². The number of hydrogen-bond acceptors (Lipinski definition) is 3. The third-order valence-corrected chi connectivity index (χ3v) is 9.75. The van der Waals surface area contributed by atoms with Crippen LogP contribution >= 0.6 is 0 Å². The predicted octanol–water partition coefficient (Wildman–Crippen LogP) is 9.73. The monoisotopic (exact) mass is 524 g/mol. The van der Waals surface area contributed by atoms with Gasteiger partial charge in [0, 0.05) is 25.9 Å². The number of hydrogen-bond donors (Lipinski definition) is 1. The number of ketones is 1. The highest BCUT2D eigenvalue weighted by Gasteiger charge is 2.60. The van der Waals surface area contributed by atoms with Crippen LogP contribution in [0.5, 0.6) is 0 Å². The molecule has 0 radical (unpaired) electrons. The fourth-order valence-corrected chi connectivity index (χ4v) is 8.05. The standard InChI is InChI=1S/C25H40O4.4C2H6/c1-24-13-11-18(26)16-17(24)7-8-19-20-9-10-22(25(20,2)14-12-21(19)24)29-15-5-3-4-6-23(27)28;4*1-2/h17,19-22H,3-16H2,1-2H3,(H,27,28);4*1-2H3. The molecule has 7 unspecified atom stereocenters. The van der Waals surface area contributed by atoms with E-state index in [2.05, 4.69) is 13.8 Å². The van der Waals surface area contributed by atoms with Crippen molar-refractivity contribution in [2.45, 2.75) is 159 Å². The Morgan fingerprint density at radius 2 is 1.43 bits per heavy atom. The van der Waals surface area contributed by atoms with E-state index in [4.69, 9.17) is 9.84 Å². The lowest BCUT2D eigenvalue weighted by Crippen LogP contribution is -2.54. The van der Waals surface area contributed by atoms with E-state index in [0.717, 1.165) is 62.9 Å². The van der Waals surface area contributed by atoms with Gasteiger partial charge >= 0.3 is 5.97 Å². The number of aliphatic carboxylic acids is 1. The van der Waals surface area contributed by atoms with Gasteiger partial charge in [-0.3, -0.25) is 9.59 Å². The largest absolute Gasteiger partial charge is 0.481 e. The minimum absolute atomic E-state index is 0.275. The number of unbranched alkanes of at least 4 members (excludes halogenated alkanes) is 2. The van der Waals surface area contributed by atoms with Crippen molar-refractivity contribution in [3.8, 4) is 0 Å². The maximum absolute atomic E-state index is 12.1. The topological polar surface area (TPSA) is 63.6 Å². The zero-order chi connectivity index (χ0) is 28.6. The van der Waals surface area contributed by atoms with E-state index < -0.39 is 5.97 Å². The Morgan fingerprint density at radius 3 is 2.05 bits per heavy atom. The molecule has 37 heavy (non-hydrogen) atoms. The van der Waals surface area contributed by atoms with E-state index >= 15 is 0 Å². The summed E-state index contributed by atoms with van der Waals surface area (Å²) in [5.41, 5.74) is 0.706. The Morgan fingerprint density at radius 1 is 0.811 bits per heavy atom. The summed E-state index contributed by atoms with van der Waals surface area (Å²) in [6.07, 6.45) is 13.8. The summed E-state index contributed by atoms with van der Waals surface area (Å²) in [5.74, 6) is 2.86. The van der Waals surface area contributed by atoms with Gasteiger partial charge in [0.2, 0.25) is 0 Å². The summed E-state index contributed by atoms with van der Waals surface area (Å²) in [6, 6.07) is 0. The summed E-state index contributed by atoms with van der Waals surface area (Å²) in [5, 5.41) is 8.76. The number of fused-ring (bicyclic) bond motifs is 5. The van der Waals surface area contributed by atoms with Crippen molar-refractivity contribution < 1.29 is 19.4 Å². The molecule has 0 aromatic carbocycles. The highest BCUT2D eigenvalue weighted by atomic mass is 16.5. The van der Waals surface area contributed by atoms with Crippen molar-refractivity contribution >= 4 is 11.8 Å². The zero-order valence-electron chi connectivity index (χ0n) is 26.5. The summed E-state index contributed by atoms with van der Waals surface area (Å²) < 4.78 is 6.42. The molecule has 0 spiro atoms. The van der Waals surface area contributed by atoms with Crippen LogP contribution < -0.4 is 0 Å². The fraction of sp³-hybridized carbons (Fsp3) is 0.939. The number of rotatable bonds is 7. The van der Waals surface area contributed by atoms with E-state index in [1.165, 1.54) is 38.5 Å². The smallest absolute Gasteiger partial charge is 0.303 e. The lowest BCUT2D eigenvalue weighted by Gasteiger charge is -2.60. The van der Waals surface area contributed by atoms with Crippen molar-refractivity contribution in [2.75, 3.05) is 6.61 Å². The zero-order valence-corrected chi connectivity index (χ0v) is 26.5. The molecule has 4 nitrogen and oxygen atoms in total. The average Bonchev–Trinajstić information content (AvgIpc) is 3.27. The number of carbonyl (C=O) groups excluding carboxylic acids is 1. The summed E-state index contributed by atoms with van der Waals surface area (Å²) in [4.78, 5) is 22.7. The highest BCUT2D eigenvalue weighted by molar-refractivity contribution is 5.79. The van der Waals surface area contributed by atoms with Crippen LogP contribution in [-0.4, -0.2) is 29.6 Å². The van der Waals surface area contributed by atoms with Crippen LogP contribution in [0.3, 0.4) is 0 Å². The first-order valence-corrected chi connectivity index (χ1v) is 16.2. The van der Waals surface area contributed by atoms with E-state index in [1.807, 2.05) is 55.4 Å². The van der Waals surface area contributed by atoms with Crippen molar-refractivity contribution in [2.24, 2.45) is 34.5 Å². The summed E-state index contributed by atoms with van der Waals surface area (Å²) >= 11 is 0. The molecule has 220 valence electrons. The van der Waals surface area contributed by atoms with Crippen LogP contribution in [0.25, 0.3) is 0 Å². The Labute approximate surface area is 231 Å². The van der Waals surface area contributed by atoms with E-state index in [1.54, 1.807) is 0 Å². The van der Waals surface area contributed by atoms with Crippen LogP contribution in [0, 0.1) is 34.5 Å². The molecule has 0 aromatic heterocycles. The predicted molar refractivity (Wildman–Crippen MR) is 158 cm³/mol. The summed E-state index contributed by atoms with van der Waals surface area (Å²) in [7, 11) is 0. The van der Waals surface area contributed by atoms with Crippen LogP contribution in [-0.2, 0) is 14.3 Å². The number of Topliss-reactive ketones (excluding diaryl/α,β-unsaturated/α-hetero) is 1. The Kier molecular flexibility index (Phi) is 18.0. The lowest BCUT2D eigenvalue weighted by molar-refractivity contribution is -0.145. The highest BCUT2D eigenvalue weighted by Crippen LogP contribution is 2.66. The minimum Gasteiger partial charge on any atom is -0.481 e. The van der Waals surface area contributed by atoms with Gasteiger partial charge in [-0.05, 0) is 92.3 Å².